The summed E-state index contributed by atoms with van der Waals surface area (Å²) in [7, 11) is 2.19. The molecule has 0 N–H and O–H groups in total. The van der Waals surface area contributed by atoms with E-state index in [1.807, 2.05) is 0 Å². The third-order valence-corrected chi connectivity index (χ3v) is 1.58. The van der Waals surface area contributed by atoms with E-state index in [0.717, 1.165) is 0 Å². The molecule has 0 amide bonds. The molecule has 0 spiro atoms. The standard InChI is InChI=1S/C6H13N.W/c1-7-5-3-2-4-6-7;/h2-6H2,1H3;. The van der Waals surface area contributed by atoms with E-state index in [2.05, 4.69) is 11.9 Å². The molecule has 0 aliphatic carbocycles. The summed E-state index contributed by atoms with van der Waals surface area (Å²) >= 11 is 0. The fraction of sp³-hybridized carbons (Fsp3) is 1.00. The van der Waals surface area contributed by atoms with Crippen molar-refractivity contribution in [2.75, 3.05) is 20.1 Å². The second kappa shape index (κ2) is 4.52. The molecule has 0 aromatic rings. The molecule has 1 nitrogen and oxygen atoms in total. The molecule has 0 aromatic carbocycles. The first kappa shape index (κ1) is 8.65. The van der Waals surface area contributed by atoms with Crippen LogP contribution >= 0.6 is 0 Å². The molecular formula is C6H13NW. The van der Waals surface area contributed by atoms with Crippen LogP contribution in [0.2, 0.25) is 0 Å². The fourth-order valence-corrected chi connectivity index (χ4v) is 1.05. The smallest absolute Gasteiger partial charge is 0 e. The van der Waals surface area contributed by atoms with Crippen LogP contribution in [0.15, 0.2) is 0 Å². The summed E-state index contributed by atoms with van der Waals surface area (Å²) in [5.74, 6) is 0. The van der Waals surface area contributed by atoms with Crippen molar-refractivity contribution >= 4 is 0 Å². The molecule has 0 radical (unpaired) electrons. The summed E-state index contributed by atoms with van der Waals surface area (Å²) in [6.07, 6.45) is 4.28. The van der Waals surface area contributed by atoms with Crippen LogP contribution in [0.25, 0.3) is 0 Å². The molecule has 1 rings (SSSR count). The van der Waals surface area contributed by atoms with Crippen LogP contribution < -0.4 is 0 Å². The minimum Gasteiger partial charge on any atom is -0.306 e. The maximum atomic E-state index is 2.39. The third kappa shape index (κ3) is 2.84. The maximum absolute atomic E-state index is 2.39. The molecule has 0 bridgehead atoms. The van der Waals surface area contributed by atoms with Crippen molar-refractivity contribution in [3.8, 4) is 0 Å². The molecule has 48 valence electrons. The first-order valence-corrected chi connectivity index (χ1v) is 3.08. The van der Waals surface area contributed by atoms with Crippen LogP contribution in [0.3, 0.4) is 0 Å². The average Bonchev–Trinajstić information content (AvgIpc) is 1.69. The molecule has 2 heteroatoms. The van der Waals surface area contributed by atoms with Gasteiger partial charge in [0, 0.05) is 21.1 Å². The summed E-state index contributed by atoms with van der Waals surface area (Å²) in [4.78, 5) is 2.39. The van der Waals surface area contributed by atoms with Gasteiger partial charge in [-0.25, -0.2) is 0 Å². The average molecular weight is 283 g/mol. The molecule has 1 heterocycles. The van der Waals surface area contributed by atoms with Gasteiger partial charge >= 0.3 is 0 Å². The number of hydrogen-bond donors (Lipinski definition) is 0. The molecule has 1 aliphatic rings. The van der Waals surface area contributed by atoms with Crippen molar-refractivity contribution in [3.63, 3.8) is 0 Å². The van der Waals surface area contributed by atoms with Gasteiger partial charge in [0.05, 0.1) is 0 Å². The number of hydrogen-bond acceptors (Lipinski definition) is 1. The first-order chi connectivity index (χ1) is 3.39. The Bertz CT molecular complexity index is 50.5. The Morgan fingerprint density at radius 1 is 1.00 bits per heavy atom. The van der Waals surface area contributed by atoms with E-state index >= 15 is 0 Å². The van der Waals surface area contributed by atoms with Gasteiger partial charge in [-0.1, -0.05) is 6.42 Å². The van der Waals surface area contributed by atoms with E-state index in [9.17, 15) is 0 Å². The van der Waals surface area contributed by atoms with Gasteiger partial charge in [0.2, 0.25) is 0 Å². The van der Waals surface area contributed by atoms with Gasteiger partial charge in [0.1, 0.15) is 0 Å². The van der Waals surface area contributed by atoms with Gasteiger partial charge in [-0.3, -0.25) is 0 Å². The molecule has 0 saturated carbocycles. The minimum absolute atomic E-state index is 0. The van der Waals surface area contributed by atoms with Gasteiger partial charge < -0.3 is 4.90 Å². The largest absolute Gasteiger partial charge is 0.306 e. The zero-order chi connectivity index (χ0) is 5.11. The predicted octanol–water partition coefficient (Wildman–Crippen LogP) is 1.10. The van der Waals surface area contributed by atoms with E-state index in [-0.39, 0.29) is 21.1 Å². The summed E-state index contributed by atoms with van der Waals surface area (Å²) in [6, 6.07) is 0. The number of piperidine rings is 1. The van der Waals surface area contributed by atoms with Crippen molar-refractivity contribution in [2.24, 2.45) is 0 Å². The molecule has 0 aromatic heterocycles. The number of rotatable bonds is 0. The van der Waals surface area contributed by atoms with Crippen molar-refractivity contribution in [3.05, 3.63) is 0 Å². The van der Waals surface area contributed by atoms with Gasteiger partial charge in [0.25, 0.3) is 0 Å². The van der Waals surface area contributed by atoms with Gasteiger partial charge in [0.15, 0.2) is 0 Å². The first-order valence-electron chi connectivity index (χ1n) is 3.08. The zero-order valence-electron chi connectivity index (χ0n) is 5.39. The van der Waals surface area contributed by atoms with E-state index in [0.29, 0.717) is 0 Å². The van der Waals surface area contributed by atoms with E-state index in [4.69, 9.17) is 0 Å². The fourth-order valence-electron chi connectivity index (χ4n) is 1.05. The quantitative estimate of drug-likeness (QED) is 0.643. The Labute approximate surface area is 65.7 Å². The monoisotopic (exact) mass is 283 g/mol. The van der Waals surface area contributed by atoms with Crippen molar-refractivity contribution in [2.45, 2.75) is 19.3 Å². The van der Waals surface area contributed by atoms with Crippen LogP contribution in [0.4, 0.5) is 0 Å². The molecule has 0 atom stereocenters. The van der Waals surface area contributed by atoms with Gasteiger partial charge in [-0.2, -0.15) is 0 Å². The molecule has 1 fully saturated rings. The van der Waals surface area contributed by atoms with Crippen LogP contribution in [0.1, 0.15) is 19.3 Å². The predicted molar refractivity (Wildman–Crippen MR) is 31.3 cm³/mol. The Kier molecular flexibility index (Phi) is 4.89. The van der Waals surface area contributed by atoms with Crippen molar-refractivity contribution in [1.29, 1.82) is 0 Å². The molecule has 8 heavy (non-hydrogen) atoms. The molecule has 0 unspecified atom stereocenters. The van der Waals surface area contributed by atoms with Crippen LogP contribution in [0, 0.1) is 0 Å². The van der Waals surface area contributed by atoms with Crippen molar-refractivity contribution < 1.29 is 21.1 Å². The Morgan fingerprint density at radius 3 is 1.75 bits per heavy atom. The second-order valence-corrected chi connectivity index (χ2v) is 2.36. The molecular weight excluding hydrogens is 270 g/mol. The maximum Gasteiger partial charge on any atom is 0 e. The SMILES string of the molecule is CN1CCCCC1.[W]. The number of likely N-dealkylation sites (tertiary alicyclic amines) is 1. The van der Waals surface area contributed by atoms with E-state index in [1.54, 1.807) is 0 Å². The summed E-state index contributed by atoms with van der Waals surface area (Å²) in [5.41, 5.74) is 0. The topological polar surface area (TPSA) is 3.24 Å². The molecule has 1 aliphatic heterocycles. The summed E-state index contributed by atoms with van der Waals surface area (Å²) in [6.45, 7) is 2.64. The number of nitrogens with zero attached hydrogens (tertiary/aromatic N) is 1. The Balaban J connectivity index is 0.000000490. The Morgan fingerprint density at radius 2 is 1.50 bits per heavy atom. The normalized spacial score (nSPS) is 22.1. The van der Waals surface area contributed by atoms with Crippen LogP contribution in [-0.4, -0.2) is 25.0 Å². The Hall–Kier alpha value is 0.648. The summed E-state index contributed by atoms with van der Waals surface area (Å²) < 4.78 is 0. The second-order valence-electron chi connectivity index (χ2n) is 2.36. The van der Waals surface area contributed by atoms with Crippen LogP contribution in [0.5, 0.6) is 0 Å². The van der Waals surface area contributed by atoms with E-state index < -0.39 is 0 Å². The van der Waals surface area contributed by atoms with Crippen molar-refractivity contribution in [1.82, 2.24) is 4.90 Å². The van der Waals surface area contributed by atoms with Crippen LogP contribution in [-0.2, 0) is 21.1 Å². The van der Waals surface area contributed by atoms with Gasteiger partial charge in [-0.15, -0.1) is 0 Å². The minimum atomic E-state index is 0. The molecule has 1 saturated heterocycles. The van der Waals surface area contributed by atoms with E-state index in [1.165, 1.54) is 32.4 Å². The zero-order valence-corrected chi connectivity index (χ0v) is 8.32. The summed E-state index contributed by atoms with van der Waals surface area (Å²) in [5, 5.41) is 0. The third-order valence-electron chi connectivity index (χ3n) is 1.58. The van der Waals surface area contributed by atoms with Gasteiger partial charge in [-0.05, 0) is 33.0 Å².